The number of aryl methyl sites for hydroxylation is 2. The van der Waals surface area contributed by atoms with Gasteiger partial charge in [-0.2, -0.15) is 10.2 Å². The van der Waals surface area contributed by atoms with Crippen molar-refractivity contribution in [1.29, 1.82) is 0 Å². The summed E-state index contributed by atoms with van der Waals surface area (Å²) in [5, 5.41) is 10.3. The molecule has 20 heavy (non-hydrogen) atoms. The molecule has 0 atom stereocenters. The number of anilines is 1. The van der Waals surface area contributed by atoms with E-state index in [2.05, 4.69) is 62.6 Å². The van der Waals surface area contributed by atoms with Crippen LogP contribution in [-0.2, 0) is 0 Å². The van der Waals surface area contributed by atoms with Gasteiger partial charge in [0, 0.05) is 0 Å². The quantitative estimate of drug-likeness (QED) is 0.669. The predicted molar refractivity (Wildman–Crippen MR) is 84.3 cm³/mol. The molecule has 0 bridgehead atoms. The molecule has 2 rings (SSSR count). The predicted octanol–water partition coefficient (Wildman–Crippen LogP) is 2.99. The van der Waals surface area contributed by atoms with Crippen LogP contribution in [0.5, 0.6) is 0 Å². The molecule has 0 aliphatic rings. The number of hydrogen-bond donors (Lipinski definition) is 2. The first-order valence-electron chi connectivity index (χ1n) is 6.10. The standard InChI is InChI=1S/C14H15BrN4O/c1-8-4-5-11(6-9(8)2)10(3)17-18-12-7-16-19-14(20)13(12)15/h4-7H,1-3H3,(H2,18,19,20). The summed E-state index contributed by atoms with van der Waals surface area (Å²) in [6.07, 6.45) is 1.50. The maximum Gasteiger partial charge on any atom is 0.280 e. The number of rotatable bonds is 3. The van der Waals surface area contributed by atoms with E-state index in [9.17, 15) is 4.79 Å². The Morgan fingerprint density at radius 2 is 2.10 bits per heavy atom. The van der Waals surface area contributed by atoms with Gasteiger partial charge in [0.2, 0.25) is 0 Å². The topological polar surface area (TPSA) is 70.1 Å². The van der Waals surface area contributed by atoms with Crippen molar-refractivity contribution in [3.8, 4) is 0 Å². The fourth-order valence-electron chi connectivity index (χ4n) is 1.64. The van der Waals surface area contributed by atoms with Gasteiger partial charge in [-0.1, -0.05) is 12.1 Å². The summed E-state index contributed by atoms with van der Waals surface area (Å²) in [6, 6.07) is 6.17. The van der Waals surface area contributed by atoms with Crippen molar-refractivity contribution >= 4 is 27.3 Å². The van der Waals surface area contributed by atoms with Crippen LogP contribution in [0.4, 0.5) is 5.69 Å². The molecule has 2 N–H and O–H groups in total. The molecule has 0 unspecified atom stereocenters. The molecule has 0 radical (unpaired) electrons. The summed E-state index contributed by atoms with van der Waals surface area (Å²) < 4.78 is 0.379. The second-order valence-electron chi connectivity index (χ2n) is 4.53. The second kappa shape index (κ2) is 6.00. The lowest BCUT2D eigenvalue weighted by Gasteiger charge is -2.06. The Balaban J connectivity index is 2.24. The van der Waals surface area contributed by atoms with E-state index in [1.54, 1.807) is 0 Å². The molecule has 0 aliphatic heterocycles. The van der Waals surface area contributed by atoms with Gasteiger partial charge in [0.1, 0.15) is 4.47 Å². The van der Waals surface area contributed by atoms with Gasteiger partial charge in [0.05, 0.1) is 17.6 Å². The van der Waals surface area contributed by atoms with Gasteiger partial charge in [-0.25, -0.2) is 5.10 Å². The molecule has 1 aromatic heterocycles. The fourth-order valence-corrected chi connectivity index (χ4v) is 1.92. The van der Waals surface area contributed by atoms with Crippen LogP contribution in [-0.4, -0.2) is 15.9 Å². The van der Waals surface area contributed by atoms with Crippen molar-refractivity contribution < 1.29 is 0 Å². The minimum atomic E-state index is -0.297. The van der Waals surface area contributed by atoms with E-state index in [0.717, 1.165) is 11.3 Å². The fraction of sp³-hybridized carbons (Fsp3) is 0.214. The maximum absolute atomic E-state index is 11.4. The summed E-state index contributed by atoms with van der Waals surface area (Å²) in [5.74, 6) is 0. The van der Waals surface area contributed by atoms with Crippen LogP contribution < -0.4 is 11.0 Å². The lowest BCUT2D eigenvalue weighted by molar-refractivity contribution is 0.976. The first-order chi connectivity index (χ1) is 9.49. The van der Waals surface area contributed by atoms with Gasteiger partial charge in [-0.05, 0) is 59.5 Å². The van der Waals surface area contributed by atoms with E-state index in [0.29, 0.717) is 10.2 Å². The zero-order valence-electron chi connectivity index (χ0n) is 11.5. The number of aromatic amines is 1. The molecular weight excluding hydrogens is 320 g/mol. The normalized spacial score (nSPS) is 11.5. The number of nitrogens with zero attached hydrogens (tertiary/aromatic N) is 2. The van der Waals surface area contributed by atoms with Gasteiger partial charge in [-0.15, -0.1) is 0 Å². The van der Waals surface area contributed by atoms with Gasteiger partial charge in [-0.3, -0.25) is 10.2 Å². The molecule has 0 saturated carbocycles. The second-order valence-corrected chi connectivity index (χ2v) is 5.33. The largest absolute Gasteiger partial charge is 0.280 e. The number of hydrazone groups is 1. The third-order valence-electron chi connectivity index (χ3n) is 3.06. The molecule has 1 aromatic carbocycles. The highest BCUT2D eigenvalue weighted by Crippen LogP contribution is 2.16. The van der Waals surface area contributed by atoms with Crippen LogP contribution in [0.2, 0.25) is 0 Å². The van der Waals surface area contributed by atoms with Crippen molar-refractivity contribution in [3.05, 3.63) is 55.9 Å². The van der Waals surface area contributed by atoms with E-state index in [1.807, 2.05) is 13.0 Å². The summed E-state index contributed by atoms with van der Waals surface area (Å²) in [5.41, 5.74) is 7.41. The summed E-state index contributed by atoms with van der Waals surface area (Å²) in [7, 11) is 0. The third-order valence-corrected chi connectivity index (χ3v) is 3.85. The molecule has 5 nitrogen and oxygen atoms in total. The van der Waals surface area contributed by atoms with Crippen LogP contribution in [0.1, 0.15) is 23.6 Å². The van der Waals surface area contributed by atoms with Crippen LogP contribution in [0.25, 0.3) is 0 Å². The van der Waals surface area contributed by atoms with Gasteiger partial charge >= 0.3 is 0 Å². The number of halogens is 1. The molecule has 0 spiro atoms. The average molecular weight is 335 g/mol. The molecule has 1 heterocycles. The van der Waals surface area contributed by atoms with Crippen LogP contribution >= 0.6 is 15.9 Å². The monoisotopic (exact) mass is 334 g/mol. The van der Waals surface area contributed by atoms with E-state index >= 15 is 0 Å². The Morgan fingerprint density at radius 1 is 1.35 bits per heavy atom. The third kappa shape index (κ3) is 3.14. The number of H-pyrrole nitrogens is 1. The highest BCUT2D eigenvalue weighted by atomic mass is 79.9. The van der Waals surface area contributed by atoms with Crippen molar-refractivity contribution in [3.63, 3.8) is 0 Å². The van der Waals surface area contributed by atoms with Crippen molar-refractivity contribution in [2.24, 2.45) is 5.10 Å². The molecule has 6 heteroatoms. The molecule has 0 saturated heterocycles. The first kappa shape index (κ1) is 14.5. The summed E-state index contributed by atoms with van der Waals surface area (Å²) in [4.78, 5) is 11.4. The average Bonchev–Trinajstić information content (AvgIpc) is 2.43. The van der Waals surface area contributed by atoms with Crippen molar-refractivity contribution in [1.82, 2.24) is 10.2 Å². The number of aromatic nitrogens is 2. The lowest BCUT2D eigenvalue weighted by Crippen LogP contribution is -2.11. The van der Waals surface area contributed by atoms with Gasteiger partial charge in [0.25, 0.3) is 5.56 Å². The van der Waals surface area contributed by atoms with E-state index < -0.39 is 0 Å². The Labute approximate surface area is 125 Å². The highest BCUT2D eigenvalue weighted by molar-refractivity contribution is 9.10. The Morgan fingerprint density at radius 3 is 2.80 bits per heavy atom. The van der Waals surface area contributed by atoms with Crippen LogP contribution in [0.15, 0.2) is 38.8 Å². The molecule has 0 aliphatic carbocycles. The number of nitrogens with one attached hydrogen (secondary N) is 2. The van der Waals surface area contributed by atoms with Crippen molar-refractivity contribution in [2.45, 2.75) is 20.8 Å². The molecular formula is C14H15BrN4O. The van der Waals surface area contributed by atoms with E-state index in [1.165, 1.54) is 17.3 Å². The minimum absolute atomic E-state index is 0.297. The molecule has 0 fully saturated rings. The maximum atomic E-state index is 11.4. The number of benzene rings is 1. The Kier molecular flexibility index (Phi) is 4.34. The zero-order valence-corrected chi connectivity index (χ0v) is 13.1. The Bertz CT molecular complexity index is 721. The Hall–Kier alpha value is -1.95. The van der Waals surface area contributed by atoms with Crippen LogP contribution in [0.3, 0.4) is 0 Å². The zero-order chi connectivity index (χ0) is 14.7. The van der Waals surface area contributed by atoms with Crippen molar-refractivity contribution in [2.75, 3.05) is 5.43 Å². The minimum Gasteiger partial charge on any atom is -0.275 e. The highest BCUT2D eigenvalue weighted by Gasteiger charge is 2.04. The van der Waals surface area contributed by atoms with E-state index in [4.69, 9.17) is 0 Å². The SMILES string of the molecule is CC(=NNc1cn[nH]c(=O)c1Br)c1ccc(C)c(C)c1. The van der Waals surface area contributed by atoms with Gasteiger partial charge in [0.15, 0.2) is 0 Å². The molecule has 104 valence electrons. The molecule has 0 amide bonds. The lowest BCUT2D eigenvalue weighted by atomic mass is 10.0. The molecule has 2 aromatic rings. The van der Waals surface area contributed by atoms with Crippen LogP contribution in [0, 0.1) is 13.8 Å². The van der Waals surface area contributed by atoms with E-state index in [-0.39, 0.29) is 5.56 Å². The summed E-state index contributed by atoms with van der Waals surface area (Å²) in [6.45, 7) is 6.05. The smallest absolute Gasteiger partial charge is 0.275 e. The summed E-state index contributed by atoms with van der Waals surface area (Å²) >= 11 is 3.19. The first-order valence-corrected chi connectivity index (χ1v) is 6.89. The van der Waals surface area contributed by atoms with Gasteiger partial charge < -0.3 is 0 Å². The number of hydrogen-bond acceptors (Lipinski definition) is 4.